The van der Waals surface area contributed by atoms with Crippen molar-refractivity contribution in [2.24, 2.45) is 0 Å². The molecule has 4 rings (SSSR count). The van der Waals surface area contributed by atoms with Crippen LogP contribution in [0.4, 0.5) is 0 Å². The predicted molar refractivity (Wildman–Crippen MR) is 109 cm³/mol. The normalized spacial score (nSPS) is 27.0. The minimum Gasteiger partial charge on any atom is -0.480 e. The highest BCUT2D eigenvalue weighted by atomic mass is 16.4. The van der Waals surface area contributed by atoms with Crippen LogP contribution >= 0.6 is 0 Å². The lowest BCUT2D eigenvalue weighted by atomic mass is 9.67. The Morgan fingerprint density at radius 2 is 1.21 bits per heavy atom. The second-order valence-electron chi connectivity index (χ2n) is 7.85. The fourth-order valence-electron chi connectivity index (χ4n) is 4.85. The Morgan fingerprint density at radius 3 is 1.57 bits per heavy atom. The maximum absolute atomic E-state index is 12.4. The van der Waals surface area contributed by atoms with Crippen LogP contribution in [0.2, 0.25) is 0 Å². The van der Waals surface area contributed by atoms with Gasteiger partial charge in [-0.1, -0.05) is 60.7 Å². The van der Waals surface area contributed by atoms with Crippen LogP contribution in [-0.2, 0) is 20.4 Å². The number of benzene rings is 2. The number of fused-ring (bicyclic) bond motifs is 1. The van der Waals surface area contributed by atoms with Crippen LogP contribution in [0, 0.1) is 0 Å². The minimum absolute atomic E-state index is 0.516. The zero-order chi connectivity index (χ0) is 19.8. The van der Waals surface area contributed by atoms with Gasteiger partial charge in [0.2, 0.25) is 0 Å². The van der Waals surface area contributed by atoms with E-state index in [1.165, 1.54) is 0 Å². The topological polar surface area (TPSA) is 74.6 Å². The molecule has 0 amide bonds. The van der Waals surface area contributed by atoms with Crippen molar-refractivity contribution in [3.8, 4) is 0 Å². The molecule has 0 fully saturated rings. The van der Waals surface area contributed by atoms with Crippen LogP contribution in [-0.4, -0.2) is 22.2 Å². The highest BCUT2D eigenvalue weighted by molar-refractivity contribution is 6.00. The fourth-order valence-corrected chi connectivity index (χ4v) is 4.85. The van der Waals surface area contributed by atoms with Crippen molar-refractivity contribution in [3.63, 3.8) is 0 Å². The van der Waals surface area contributed by atoms with Crippen molar-refractivity contribution in [3.05, 3.63) is 71.8 Å². The molecule has 2 aliphatic rings. The molecule has 0 saturated heterocycles. The van der Waals surface area contributed by atoms with Crippen molar-refractivity contribution in [2.75, 3.05) is 0 Å². The van der Waals surface area contributed by atoms with E-state index >= 15 is 0 Å². The Kier molecular flexibility index (Phi) is 4.58. The van der Waals surface area contributed by atoms with Gasteiger partial charge in [0.15, 0.2) is 0 Å². The first-order chi connectivity index (χ1) is 13.5. The highest BCUT2D eigenvalue weighted by Crippen LogP contribution is 2.45. The van der Waals surface area contributed by atoms with Crippen LogP contribution in [0.15, 0.2) is 60.7 Å². The van der Waals surface area contributed by atoms with Gasteiger partial charge in [-0.3, -0.25) is 9.59 Å². The van der Waals surface area contributed by atoms with Crippen molar-refractivity contribution < 1.29 is 19.8 Å². The Labute approximate surface area is 164 Å². The molecule has 144 valence electrons. The van der Waals surface area contributed by atoms with Crippen LogP contribution < -0.4 is 0 Å². The summed E-state index contributed by atoms with van der Waals surface area (Å²) >= 11 is 0. The fraction of sp³-hybridized carbons (Fsp3) is 0.333. The summed E-state index contributed by atoms with van der Waals surface area (Å²) in [5.74, 6) is -1.76. The molecular weight excluding hydrogens is 352 g/mol. The average Bonchev–Trinajstić information content (AvgIpc) is 2.73. The quantitative estimate of drug-likeness (QED) is 0.739. The third kappa shape index (κ3) is 2.67. The number of hydrogen-bond donors (Lipinski definition) is 2. The van der Waals surface area contributed by atoms with E-state index in [0.29, 0.717) is 24.0 Å². The lowest BCUT2D eigenvalue weighted by Gasteiger charge is -2.35. The first kappa shape index (κ1) is 18.5. The number of allylic oxidation sites excluding steroid dienone is 2. The van der Waals surface area contributed by atoms with Crippen molar-refractivity contribution in [1.29, 1.82) is 0 Å². The standard InChI is InChI=1S/C24H24O4/c25-21(26)23(13-3-1-4-14-23)18-11-7-9-17-10-8-12-19(20(17)18)24(22(27)28)15-5-2-6-16-24/h3,5,7-13,15H,1-2,4,6,14,16H2,(H,25,26)(H,27,28). The molecule has 4 nitrogen and oxygen atoms in total. The zero-order valence-electron chi connectivity index (χ0n) is 15.7. The summed E-state index contributed by atoms with van der Waals surface area (Å²) in [6.45, 7) is 0. The highest BCUT2D eigenvalue weighted by Gasteiger charge is 2.44. The molecule has 0 aliphatic heterocycles. The van der Waals surface area contributed by atoms with Gasteiger partial charge in [0.05, 0.1) is 0 Å². The Hall–Kier alpha value is -2.88. The van der Waals surface area contributed by atoms with Crippen molar-refractivity contribution >= 4 is 22.7 Å². The summed E-state index contributed by atoms with van der Waals surface area (Å²) in [5, 5.41) is 22.0. The van der Waals surface area contributed by atoms with Gasteiger partial charge in [-0.25, -0.2) is 0 Å². The third-order valence-corrected chi connectivity index (χ3v) is 6.32. The predicted octanol–water partition coefficient (Wildman–Crippen LogP) is 4.96. The van der Waals surface area contributed by atoms with Gasteiger partial charge in [-0.15, -0.1) is 0 Å². The number of hydrogen-bond acceptors (Lipinski definition) is 2. The molecule has 2 aliphatic carbocycles. The third-order valence-electron chi connectivity index (χ3n) is 6.32. The van der Waals surface area contributed by atoms with Gasteiger partial charge >= 0.3 is 11.9 Å². The lowest BCUT2D eigenvalue weighted by Crippen LogP contribution is -2.38. The summed E-state index contributed by atoms with van der Waals surface area (Å²) in [4.78, 5) is 24.9. The summed E-state index contributed by atoms with van der Waals surface area (Å²) in [7, 11) is 0. The Balaban J connectivity index is 2.08. The smallest absolute Gasteiger partial charge is 0.318 e. The molecule has 0 aromatic heterocycles. The van der Waals surface area contributed by atoms with Crippen LogP contribution in [0.25, 0.3) is 10.8 Å². The Bertz CT molecular complexity index is 926. The van der Waals surface area contributed by atoms with Crippen molar-refractivity contribution in [1.82, 2.24) is 0 Å². The molecular formula is C24H24O4. The monoisotopic (exact) mass is 376 g/mol. The van der Waals surface area contributed by atoms with E-state index in [-0.39, 0.29) is 0 Å². The molecule has 0 heterocycles. The summed E-state index contributed by atoms with van der Waals surface area (Å²) in [6.07, 6.45) is 11.8. The number of aliphatic carboxylic acids is 2. The van der Waals surface area contributed by atoms with Gasteiger partial charge in [0.1, 0.15) is 10.8 Å². The average molecular weight is 376 g/mol. The maximum atomic E-state index is 12.4. The number of rotatable bonds is 4. The van der Waals surface area contributed by atoms with E-state index in [9.17, 15) is 19.8 Å². The molecule has 4 heteroatoms. The molecule has 0 radical (unpaired) electrons. The number of carboxylic acids is 2. The van der Waals surface area contributed by atoms with Gasteiger partial charge in [0, 0.05) is 0 Å². The summed E-state index contributed by atoms with van der Waals surface area (Å²) in [5.41, 5.74) is -0.843. The molecule has 2 atom stereocenters. The first-order valence-corrected chi connectivity index (χ1v) is 9.86. The molecule has 28 heavy (non-hydrogen) atoms. The van der Waals surface area contributed by atoms with E-state index < -0.39 is 22.8 Å². The molecule has 0 bridgehead atoms. The van der Waals surface area contributed by atoms with Crippen LogP contribution in [0.1, 0.15) is 49.7 Å². The molecule has 2 aromatic rings. The van der Waals surface area contributed by atoms with Gasteiger partial charge in [0.25, 0.3) is 0 Å². The largest absolute Gasteiger partial charge is 0.480 e. The first-order valence-electron chi connectivity index (χ1n) is 9.86. The maximum Gasteiger partial charge on any atom is 0.318 e. The summed E-state index contributed by atoms with van der Waals surface area (Å²) < 4.78 is 0. The number of carboxylic acid groups (broad SMARTS) is 2. The SMILES string of the molecule is O=C(O)C1(c2cccc3cccc(C4(C(=O)O)C=CCCC4)c23)C=CCCC1. The molecule has 0 spiro atoms. The van der Waals surface area contributed by atoms with Gasteiger partial charge in [-0.05, 0) is 60.4 Å². The molecule has 2 unspecified atom stereocenters. The molecule has 2 aromatic carbocycles. The van der Waals surface area contributed by atoms with E-state index in [0.717, 1.165) is 36.5 Å². The van der Waals surface area contributed by atoms with E-state index in [2.05, 4.69) is 0 Å². The van der Waals surface area contributed by atoms with E-state index in [1.54, 1.807) is 12.2 Å². The van der Waals surface area contributed by atoms with Gasteiger partial charge < -0.3 is 10.2 Å². The Morgan fingerprint density at radius 1 is 0.750 bits per heavy atom. The van der Waals surface area contributed by atoms with Crippen LogP contribution in [0.5, 0.6) is 0 Å². The zero-order valence-corrected chi connectivity index (χ0v) is 15.7. The van der Waals surface area contributed by atoms with Gasteiger partial charge in [-0.2, -0.15) is 0 Å². The van der Waals surface area contributed by atoms with Crippen molar-refractivity contribution in [2.45, 2.75) is 49.4 Å². The minimum atomic E-state index is -1.12. The molecule has 0 saturated carbocycles. The van der Waals surface area contributed by atoms with E-state index in [4.69, 9.17) is 0 Å². The second kappa shape index (κ2) is 6.93. The molecule has 2 N–H and O–H groups in total. The lowest BCUT2D eigenvalue weighted by molar-refractivity contribution is -0.143. The second-order valence-corrected chi connectivity index (χ2v) is 7.85. The summed E-state index contributed by atoms with van der Waals surface area (Å²) in [6, 6.07) is 11.3. The number of carbonyl (C=O) groups is 2. The van der Waals surface area contributed by atoms with Crippen LogP contribution in [0.3, 0.4) is 0 Å². The van der Waals surface area contributed by atoms with E-state index in [1.807, 2.05) is 48.6 Å².